The largest absolute Gasteiger partial charge is 0.480 e. The van der Waals surface area contributed by atoms with Gasteiger partial charge in [0.1, 0.15) is 5.78 Å². The standard InChI is InChI=1S/C8H10N2O2/c1-6(11)3-7-4-10-8(12-2)5-9-7/h4-5H,3H2,1-2H3. The Balaban J connectivity index is 2.71. The van der Waals surface area contributed by atoms with Gasteiger partial charge in [0.25, 0.3) is 0 Å². The van der Waals surface area contributed by atoms with Gasteiger partial charge in [-0.3, -0.25) is 9.78 Å². The van der Waals surface area contributed by atoms with Crippen molar-refractivity contribution in [3.05, 3.63) is 18.1 Å². The van der Waals surface area contributed by atoms with Crippen molar-refractivity contribution < 1.29 is 9.53 Å². The van der Waals surface area contributed by atoms with E-state index in [9.17, 15) is 4.79 Å². The van der Waals surface area contributed by atoms with Crippen LogP contribution in [-0.4, -0.2) is 22.9 Å². The lowest BCUT2D eigenvalue weighted by Gasteiger charge is -1.98. The Morgan fingerprint density at radius 3 is 2.67 bits per heavy atom. The van der Waals surface area contributed by atoms with Gasteiger partial charge in [0, 0.05) is 6.42 Å². The third-order valence-electron chi connectivity index (χ3n) is 1.32. The summed E-state index contributed by atoms with van der Waals surface area (Å²) < 4.78 is 4.82. The van der Waals surface area contributed by atoms with Gasteiger partial charge in [-0.05, 0) is 6.92 Å². The molecule has 12 heavy (non-hydrogen) atoms. The quantitative estimate of drug-likeness (QED) is 0.660. The molecule has 0 atom stereocenters. The van der Waals surface area contributed by atoms with Crippen molar-refractivity contribution >= 4 is 5.78 Å². The number of carbonyl (C=O) groups is 1. The SMILES string of the molecule is COc1cnc(CC(C)=O)cn1. The summed E-state index contributed by atoms with van der Waals surface area (Å²) in [7, 11) is 1.52. The second-order valence-electron chi connectivity index (χ2n) is 2.43. The Hall–Kier alpha value is -1.45. The van der Waals surface area contributed by atoms with Crippen molar-refractivity contribution in [3.8, 4) is 5.88 Å². The third kappa shape index (κ3) is 2.30. The predicted molar refractivity (Wildman–Crippen MR) is 43.0 cm³/mol. The van der Waals surface area contributed by atoms with E-state index < -0.39 is 0 Å². The van der Waals surface area contributed by atoms with Gasteiger partial charge in [-0.25, -0.2) is 4.98 Å². The van der Waals surface area contributed by atoms with Crippen LogP contribution in [0.4, 0.5) is 0 Å². The van der Waals surface area contributed by atoms with Crippen LogP contribution in [0.3, 0.4) is 0 Å². The van der Waals surface area contributed by atoms with Gasteiger partial charge in [0.2, 0.25) is 5.88 Å². The number of hydrogen-bond donors (Lipinski definition) is 0. The van der Waals surface area contributed by atoms with E-state index in [-0.39, 0.29) is 5.78 Å². The fourth-order valence-electron chi connectivity index (χ4n) is 0.795. The Kier molecular flexibility index (Phi) is 2.74. The number of Topliss-reactive ketones (excluding diaryl/α,β-unsaturated/α-hetero) is 1. The first-order valence-electron chi connectivity index (χ1n) is 3.56. The molecular weight excluding hydrogens is 156 g/mol. The van der Waals surface area contributed by atoms with E-state index in [1.54, 1.807) is 6.20 Å². The van der Waals surface area contributed by atoms with Crippen LogP contribution in [0.1, 0.15) is 12.6 Å². The smallest absolute Gasteiger partial charge is 0.231 e. The second kappa shape index (κ2) is 3.80. The second-order valence-corrected chi connectivity index (χ2v) is 2.43. The van der Waals surface area contributed by atoms with Crippen molar-refractivity contribution in [2.75, 3.05) is 7.11 Å². The zero-order valence-electron chi connectivity index (χ0n) is 7.07. The normalized spacial score (nSPS) is 9.50. The molecule has 0 amide bonds. The summed E-state index contributed by atoms with van der Waals surface area (Å²) in [5, 5.41) is 0. The van der Waals surface area contributed by atoms with Gasteiger partial charge in [-0.15, -0.1) is 0 Å². The van der Waals surface area contributed by atoms with E-state index >= 15 is 0 Å². The topological polar surface area (TPSA) is 52.1 Å². The fraction of sp³-hybridized carbons (Fsp3) is 0.375. The number of ether oxygens (including phenoxy) is 1. The van der Waals surface area contributed by atoms with Crippen LogP contribution in [0.2, 0.25) is 0 Å². The van der Waals surface area contributed by atoms with Crippen molar-refractivity contribution in [2.45, 2.75) is 13.3 Å². The van der Waals surface area contributed by atoms with E-state index in [1.165, 1.54) is 20.2 Å². The summed E-state index contributed by atoms with van der Waals surface area (Å²) in [4.78, 5) is 18.6. The summed E-state index contributed by atoms with van der Waals surface area (Å²) in [6.07, 6.45) is 3.37. The molecule has 0 saturated carbocycles. The maximum atomic E-state index is 10.7. The molecule has 0 fully saturated rings. The lowest BCUT2D eigenvalue weighted by molar-refractivity contribution is -0.116. The highest BCUT2D eigenvalue weighted by Gasteiger charge is 1.99. The van der Waals surface area contributed by atoms with Gasteiger partial charge >= 0.3 is 0 Å². The van der Waals surface area contributed by atoms with Crippen LogP contribution in [0.5, 0.6) is 5.88 Å². The minimum absolute atomic E-state index is 0.0782. The molecule has 0 N–H and O–H groups in total. The maximum Gasteiger partial charge on any atom is 0.231 e. The van der Waals surface area contributed by atoms with E-state index in [0.717, 1.165) is 0 Å². The van der Waals surface area contributed by atoms with E-state index in [4.69, 9.17) is 4.74 Å². The van der Waals surface area contributed by atoms with Gasteiger partial charge in [0.15, 0.2) is 0 Å². The predicted octanol–water partition coefficient (Wildman–Crippen LogP) is 0.617. The van der Waals surface area contributed by atoms with Gasteiger partial charge in [-0.1, -0.05) is 0 Å². The number of carbonyl (C=O) groups excluding carboxylic acids is 1. The average molecular weight is 166 g/mol. The Bertz CT molecular complexity index is 269. The number of rotatable bonds is 3. The first-order valence-corrected chi connectivity index (χ1v) is 3.56. The minimum Gasteiger partial charge on any atom is -0.480 e. The number of hydrogen-bond acceptors (Lipinski definition) is 4. The molecule has 0 saturated heterocycles. The van der Waals surface area contributed by atoms with E-state index in [0.29, 0.717) is 18.0 Å². The van der Waals surface area contributed by atoms with Crippen molar-refractivity contribution in [1.82, 2.24) is 9.97 Å². The van der Waals surface area contributed by atoms with Crippen LogP contribution >= 0.6 is 0 Å². The highest BCUT2D eigenvalue weighted by molar-refractivity contribution is 5.77. The fourth-order valence-corrected chi connectivity index (χ4v) is 0.795. The maximum absolute atomic E-state index is 10.7. The van der Waals surface area contributed by atoms with Crippen LogP contribution in [0.15, 0.2) is 12.4 Å². The molecule has 1 aromatic rings. The summed E-state index contributed by atoms with van der Waals surface area (Å²) in [6, 6.07) is 0. The number of nitrogens with zero attached hydrogens (tertiary/aromatic N) is 2. The van der Waals surface area contributed by atoms with Gasteiger partial charge in [-0.2, -0.15) is 0 Å². The molecule has 0 spiro atoms. The molecule has 64 valence electrons. The highest BCUT2D eigenvalue weighted by Crippen LogP contribution is 2.02. The Labute approximate surface area is 70.6 Å². The van der Waals surface area contributed by atoms with Crippen molar-refractivity contribution in [3.63, 3.8) is 0 Å². The molecule has 4 heteroatoms. The highest BCUT2D eigenvalue weighted by atomic mass is 16.5. The zero-order valence-corrected chi connectivity index (χ0v) is 7.07. The summed E-state index contributed by atoms with van der Waals surface area (Å²) in [5.74, 6) is 0.539. The number of methoxy groups -OCH3 is 1. The van der Waals surface area contributed by atoms with Crippen LogP contribution in [0, 0.1) is 0 Å². The molecule has 0 unspecified atom stereocenters. The molecule has 1 aromatic heterocycles. The van der Waals surface area contributed by atoms with Crippen molar-refractivity contribution in [1.29, 1.82) is 0 Å². The molecule has 1 heterocycles. The van der Waals surface area contributed by atoms with Gasteiger partial charge in [0.05, 0.1) is 25.2 Å². The zero-order chi connectivity index (χ0) is 8.97. The number of ketones is 1. The van der Waals surface area contributed by atoms with Crippen LogP contribution in [-0.2, 0) is 11.2 Å². The summed E-state index contributed by atoms with van der Waals surface area (Å²) in [6.45, 7) is 1.52. The summed E-state index contributed by atoms with van der Waals surface area (Å²) >= 11 is 0. The molecule has 0 aliphatic carbocycles. The first-order chi connectivity index (χ1) is 5.72. The van der Waals surface area contributed by atoms with Gasteiger partial charge < -0.3 is 4.74 Å². The molecule has 0 bridgehead atoms. The molecule has 0 aliphatic rings. The molecule has 0 aromatic carbocycles. The first kappa shape index (κ1) is 8.64. The minimum atomic E-state index is 0.0782. The lowest BCUT2D eigenvalue weighted by atomic mass is 10.2. The Morgan fingerprint density at radius 1 is 1.50 bits per heavy atom. The number of aromatic nitrogens is 2. The molecular formula is C8H10N2O2. The average Bonchev–Trinajstić information content (AvgIpc) is 2.05. The van der Waals surface area contributed by atoms with Crippen LogP contribution < -0.4 is 4.74 Å². The molecule has 0 aliphatic heterocycles. The third-order valence-corrected chi connectivity index (χ3v) is 1.32. The summed E-state index contributed by atoms with van der Waals surface area (Å²) in [5.41, 5.74) is 0.670. The molecule has 0 radical (unpaired) electrons. The van der Waals surface area contributed by atoms with Crippen molar-refractivity contribution in [2.24, 2.45) is 0 Å². The monoisotopic (exact) mass is 166 g/mol. The van der Waals surface area contributed by atoms with Crippen LogP contribution in [0.25, 0.3) is 0 Å². The van der Waals surface area contributed by atoms with E-state index in [2.05, 4.69) is 9.97 Å². The molecule has 1 rings (SSSR count). The van der Waals surface area contributed by atoms with E-state index in [1.807, 2.05) is 0 Å². The Morgan fingerprint density at radius 2 is 2.25 bits per heavy atom. The lowest BCUT2D eigenvalue weighted by Crippen LogP contribution is -2.00. The molecule has 4 nitrogen and oxygen atoms in total.